The minimum atomic E-state index is -0.488. The van der Waals surface area contributed by atoms with E-state index in [2.05, 4.69) is 0 Å². The van der Waals surface area contributed by atoms with E-state index in [-0.39, 0.29) is 12.4 Å². The van der Waals surface area contributed by atoms with Gasteiger partial charge in [-0.3, -0.25) is 4.79 Å². The Bertz CT molecular complexity index is 1080. The van der Waals surface area contributed by atoms with Crippen LogP contribution in [0.5, 0.6) is 0 Å². The maximum Gasteiger partial charge on any atom is 0.349 e. The molecule has 0 aliphatic carbocycles. The topological polar surface area (TPSA) is 74.6 Å². The van der Waals surface area contributed by atoms with Crippen molar-refractivity contribution in [3.05, 3.63) is 74.7 Å². The summed E-state index contributed by atoms with van der Waals surface area (Å²) in [5.74, 6) is -1.16. The minimum absolute atomic E-state index is 0.266. The van der Waals surface area contributed by atoms with E-state index >= 15 is 0 Å². The number of methoxy groups -OCH3 is 1. The molecule has 1 aromatic carbocycles. The minimum Gasteiger partial charge on any atom is -0.465 e. The molecule has 6 nitrogen and oxygen atoms in total. The molecule has 2 aromatic heterocycles. The first-order valence-corrected chi connectivity index (χ1v) is 9.83. The van der Waals surface area contributed by atoms with Gasteiger partial charge in [0.2, 0.25) is 5.78 Å². The van der Waals surface area contributed by atoms with Crippen molar-refractivity contribution in [2.45, 2.75) is 20.8 Å². The van der Waals surface area contributed by atoms with Crippen molar-refractivity contribution in [2.75, 3.05) is 13.7 Å². The summed E-state index contributed by atoms with van der Waals surface area (Å²) in [6.07, 6.45) is 0. The molecular weight excluding hydrogens is 390 g/mol. The van der Waals surface area contributed by atoms with Gasteiger partial charge in [-0.2, -0.15) is 0 Å². The van der Waals surface area contributed by atoms with E-state index in [0.29, 0.717) is 16.0 Å². The number of thiophene rings is 1. The molecular formula is C22H21NO5S. The van der Waals surface area contributed by atoms with Crippen LogP contribution in [-0.4, -0.2) is 36.0 Å². The van der Waals surface area contributed by atoms with Crippen molar-refractivity contribution in [3.8, 4) is 5.69 Å². The van der Waals surface area contributed by atoms with Gasteiger partial charge in [-0.1, -0.05) is 0 Å². The van der Waals surface area contributed by atoms with Crippen molar-refractivity contribution in [1.29, 1.82) is 0 Å². The Labute approximate surface area is 172 Å². The molecule has 0 aliphatic rings. The zero-order valence-electron chi connectivity index (χ0n) is 16.6. The third-order valence-electron chi connectivity index (χ3n) is 4.66. The molecule has 3 aromatic rings. The zero-order valence-corrected chi connectivity index (χ0v) is 17.5. The summed E-state index contributed by atoms with van der Waals surface area (Å²) in [5, 5.41) is 1.81. The Morgan fingerprint density at radius 1 is 1.00 bits per heavy atom. The Kier molecular flexibility index (Phi) is 5.98. The summed E-state index contributed by atoms with van der Waals surface area (Å²) in [6.45, 7) is 5.23. The largest absolute Gasteiger partial charge is 0.465 e. The lowest BCUT2D eigenvalue weighted by atomic mass is 10.1. The smallest absolute Gasteiger partial charge is 0.349 e. The highest BCUT2D eigenvalue weighted by atomic mass is 32.1. The fourth-order valence-electron chi connectivity index (χ4n) is 3.16. The van der Waals surface area contributed by atoms with Crippen LogP contribution < -0.4 is 0 Å². The molecule has 150 valence electrons. The Morgan fingerprint density at radius 3 is 2.28 bits per heavy atom. The van der Waals surface area contributed by atoms with Crippen molar-refractivity contribution in [1.82, 2.24) is 4.57 Å². The van der Waals surface area contributed by atoms with Gasteiger partial charge in [0.15, 0.2) is 6.61 Å². The Hall–Kier alpha value is -3.19. The van der Waals surface area contributed by atoms with Crippen LogP contribution in [0.1, 0.15) is 47.3 Å². The number of carbonyl (C=O) groups is 3. The summed E-state index contributed by atoms with van der Waals surface area (Å²) in [6, 6.07) is 10.5. The van der Waals surface area contributed by atoms with E-state index in [9.17, 15) is 14.4 Å². The van der Waals surface area contributed by atoms with Crippen molar-refractivity contribution >= 4 is 29.1 Å². The lowest BCUT2D eigenvalue weighted by Gasteiger charge is -2.10. The van der Waals surface area contributed by atoms with Gasteiger partial charge in [0.1, 0.15) is 4.88 Å². The van der Waals surface area contributed by atoms with Crippen LogP contribution in [0.4, 0.5) is 0 Å². The SMILES string of the molecule is COC(=O)c1ccc(-n2c(C)cc(C(=O)COC(=O)c3sccc3C)c2C)cc1. The standard InChI is InChI=1S/C22H21NO5S/c1-13-9-10-29-20(13)22(26)28-12-19(24)18-11-14(2)23(15(18)3)17-7-5-16(6-8-17)21(25)27-4/h5-11H,12H2,1-4H3. The number of nitrogens with zero attached hydrogens (tertiary/aromatic N) is 1. The molecule has 0 atom stereocenters. The van der Waals surface area contributed by atoms with Gasteiger partial charge in [0.05, 0.1) is 12.7 Å². The highest BCUT2D eigenvalue weighted by molar-refractivity contribution is 7.12. The van der Waals surface area contributed by atoms with E-state index in [4.69, 9.17) is 9.47 Å². The van der Waals surface area contributed by atoms with E-state index in [1.54, 1.807) is 30.3 Å². The zero-order chi connectivity index (χ0) is 21.1. The van der Waals surface area contributed by atoms with E-state index in [1.807, 2.05) is 36.8 Å². The average molecular weight is 411 g/mol. The number of hydrogen-bond acceptors (Lipinski definition) is 6. The van der Waals surface area contributed by atoms with Gasteiger partial charge in [-0.25, -0.2) is 9.59 Å². The van der Waals surface area contributed by atoms with Gasteiger partial charge < -0.3 is 14.0 Å². The number of ketones is 1. The quantitative estimate of drug-likeness (QED) is 0.447. The van der Waals surface area contributed by atoms with E-state index in [0.717, 1.165) is 22.6 Å². The number of carbonyl (C=O) groups excluding carboxylic acids is 3. The molecule has 0 N–H and O–H groups in total. The third-order valence-corrected chi connectivity index (χ3v) is 5.66. The highest BCUT2D eigenvalue weighted by Gasteiger charge is 2.20. The predicted octanol–water partition coefficient (Wildman–Crippen LogP) is 4.29. The van der Waals surface area contributed by atoms with Crippen molar-refractivity contribution in [2.24, 2.45) is 0 Å². The number of rotatable bonds is 6. The molecule has 0 radical (unpaired) electrons. The van der Waals surface area contributed by atoms with Crippen LogP contribution in [-0.2, 0) is 9.47 Å². The molecule has 0 amide bonds. The second-order valence-corrected chi connectivity index (χ2v) is 7.51. The maximum atomic E-state index is 12.7. The summed E-state index contributed by atoms with van der Waals surface area (Å²) < 4.78 is 11.8. The lowest BCUT2D eigenvalue weighted by molar-refractivity contribution is 0.0478. The van der Waals surface area contributed by atoms with E-state index < -0.39 is 11.9 Å². The van der Waals surface area contributed by atoms with Crippen LogP contribution in [0.2, 0.25) is 0 Å². The van der Waals surface area contributed by atoms with Gasteiger partial charge >= 0.3 is 11.9 Å². The van der Waals surface area contributed by atoms with Crippen molar-refractivity contribution in [3.63, 3.8) is 0 Å². The second-order valence-electron chi connectivity index (χ2n) is 6.59. The Morgan fingerprint density at radius 2 is 1.69 bits per heavy atom. The lowest BCUT2D eigenvalue weighted by Crippen LogP contribution is -2.14. The highest BCUT2D eigenvalue weighted by Crippen LogP contribution is 2.22. The van der Waals surface area contributed by atoms with Crippen LogP contribution in [0.15, 0.2) is 41.8 Å². The normalized spacial score (nSPS) is 10.6. The molecule has 0 saturated carbocycles. The first-order chi connectivity index (χ1) is 13.8. The summed E-state index contributed by atoms with van der Waals surface area (Å²) in [4.78, 5) is 36.9. The van der Waals surface area contributed by atoms with Crippen molar-refractivity contribution < 1.29 is 23.9 Å². The monoisotopic (exact) mass is 411 g/mol. The van der Waals surface area contributed by atoms with Gasteiger partial charge in [-0.15, -0.1) is 11.3 Å². The molecule has 0 unspecified atom stereocenters. The number of aryl methyl sites for hydroxylation is 2. The molecule has 7 heteroatoms. The number of hydrogen-bond donors (Lipinski definition) is 0. The van der Waals surface area contributed by atoms with Gasteiger partial charge in [0, 0.05) is 22.6 Å². The van der Waals surface area contributed by atoms with Crippen LogP contribution >= 0.6 is 11.3 Å². The molecule has 29 heavy (non-hydrogen) atoms. The molecule has 0 saturated heterocycles. The molecule has 3 rings (SSSR count). The summed E-state index contributed by atoms with van der Waals surface area (Å²) in [5.41, 5.74) is 4.19. The first kappa shape index (κ1) is 20.5. The molecule has 2 heterocycles. The molecule has 0 spiro atoms. The molecule has 0 fully saturated rings. The fourth-order valence-corrected chi connectivity index (χ4v) is 3.98. The predicted molar refractivity (Wildman–Crippen MR) is 110 cm³/mol. The first-order valence-electron chi connectivity index (χ1n) is 8.95. The molecule has 0 aliphatic heterocycles. The number of ether oxygens (including phenoxy) is 2. The van der Waals surface area contributed by atoms with Gasteiger partial charge in [0.25, 0.3) is 0 Å². The number of benzene rings is 1. The van der Waals surface area contributed by atoms with Crippen LogP contribution in [0.3, 0.4) is 0 Å². The third kappa shape index (κ3) is 4.14. The number of esters is 2. The van der Waals surface area contributed by atoms with Crippen LogP contribution in [0.25, 0.3) is 5.69 Å². The summed E-state index contributed by atoms with van der Waals surface area (Å²) >= 11 is 1.29. The number of Topliss-reactive ketones (excluding diaryl/α,β-unsaturated/α-hetero) is 1. The van der Waals surface area contributed by atoms with Crippen LogP contribution in [0, 0.1) is 20.8 Å². The number of aromatic nitrogens is 1. The Balaban J connectivity index is 1.78. The summed E-state index contributed by atoms with van der Waals surface area (Å²) in [7, 11) is 1.33. The maximum absolute atomic E-state index is 12.7. The fraction of sp³-hybridized carbons (Fsp3) is 0.227. The van der Waals surface area contributed by atoms with E-state index in [1.165, 1.54) is 18.4 Å². The second kappa shape index (κ2) is 8.45. The average Bonchev–Trinajstić information content (AvgIpc) is 3.28. The molecule has 0 bridgehead atoms. The van der Waals surface area contributed by atoms with Gasteiger partial charge in [-0.05, 0) is 68.1 Å².